The van der Waals surface area contributed by atoms with E-state index in [2.05, 4.69) is 4.84 Å². The monoisotopic (exact) mass is 177 g/mol. The Morgan fingerprint density at radius 2 is 2.17 bits per heavy atom. The van der Waals surface area contributed by atoms with Crippen molar-refractivity contribution >= 4 is 0 Å². The molecule has 0 aliphatic carbocycles. The van der Waals surface area contributed by atoms with Crippen LogP contribution in [0.4, 0.5) is 0 Å². The topological polar surface area (TPSA) is 61.6 Å². The van der Waals surface area contributed by atoms with Crippen molar-refractivity contribution in [3.8, 4) is 0 Å². The molecule has 0 amide bonds. The summed E-state index contributed by atoms with van der Waals surface area (Å²) >= 11 is 0. The van der Waals surface area contributed by atoms with Gasteiger partial charge in [-0.3, -0.25) is 4.84 Å². The fourth-order valence-electron chi connectivity index (χ4n) is 0.678. The molecule has 5 nitrogen and oxygen atoms in total. The molecule has 0 spiro atoms. The predicted molar refractivity (Wildman–Crippen MR) is 43.0 cm³/mol. The number of unbranched alkanes of at least 4 members (excludes halogenated alkanes) is 1. The van der Waals surface area contributed by atoms with Gasteiger partial charge >= 0.3 is 0 Å². The fourth-order valence-corrected chi connectivity index (χ4v) is 0.678. The van der Waals surface area contributed by atoms with Crippen LogP contribution in [0, 0.1) is 10.1 Å². The van der Waals surface area contributed by atoms with E-state index < -0.39 is 11.4 Å². The average molecular weight is 177 g/mol. The van der Waals surface area contributed by atoms with Crippen molar-refractivity contribution in [3.05, 3.63) is 10.1 Å². The Morgan fingerprint density at radius 1 is 1.50 bits per heavy atom. The van der Waals surface area contributed by atoms with E-state index in [1.54, 1.807) is 6.92 Å². The maximum atomic E-state index is 9.90. The maximum absolute atomic E-state index is 9.90. The SMILES string of the molecule is CCCCOC(CC)O[N+](=O)[O-]. The fraction of sp³-hybridized carbons (Fsp3) is 1.00. The maximum Gasteiger partial charge on any atom is 0.297 e. The standard InChI is InChI=1S/C7H15NO4/c1-3-5-6-11-7(4-2)12-8(9)10/h7H,3-6H2,1-2H3. The van der Waals surface area contributed by atoms with Gasteiger partial charge in [0, 0.05) is 6.61 Å². The van der Waals surface area contributed by atoms with Crippen LogP contribution in [0.1, 0.15) is 33.1 Å². The molecule has 0 aromatic carbocycles. The molecule has 0 radical (unpaired) electrons. The molecule has 0 heterocycles. The molecule has 0 fully saturated rings. The first kappa shape index (κ1) is 11.2. The summed E-state index contributed by atoms with van der Waals surface area (Å²) in [4.78, 5) is 14.2. The Kier molecular flexibility index (Phi) is 6.37. The summed E-state index contributed by atoms with van der Waals surface area (Å²) in [7, 11) is 0. The first-order chi connectivity index (χ1) is 5.70. The molecule has 0 N–H and O–H groups in total. The summed E-state index contributed by atoms with van der Waals surface area (Å²) in [5.41, 5.74) is 0. The van der Waals surface area contributed by atoms with Crippen LogP contribution >= 0.6 is 0 Å². The number of ether oxygens (including phenoxy) is 1. The lowest BCUT2D eigenvalue weighted by atomic mass is 10.4. The highest BCUT2D eigenvalue weighted by atomic mass is 17.0. The van der Waals surface area contributed by atoms with Crippen molar-refractivity contribution < 1.29 is 14.7 Å². The zero-order chi connectivity index (χ0) is 9.40. The molecular formula is C7H15NO4. The van der Waals surface area contributed by atoms with Gasteiger partial charge in [-0.2, -0.15) is 0 Å². The van der Waals surface area contributed by atoms with E-state index in [-0.39, 0.29) is 0 Å². The second kappa shape index (κ2) is 6.84. The summed E-state index contributed by atoms with van der Waals surface area (Å²) in [6.45, 7) is 4.32. The zero-order valence-electron chi connectivity index (χ0n) is 7.49. The zero-order valence-corrected chi connectivity index (χ0v) is 7.49. The Bertz CT molecular complexity index is 129. The van der Waals surface area contributed by atoms with Crippen LogP contribution in [0.25, 0.3) is 0 Å². The van der Waals surface area contributed by atoms with Crippen molar-refractivity contribution in [3.63, 3.8) is 0 Å². The highest BCUT2D eigenvalue weighted by Gasteiger charge is 2.09. The molecule has 0 aliphatic rings. The van der Waals surface area contributed by atoms with E-state index in [4.69, 9.17) is 4.74 Å². The molecule has 0 aliphatic heterocycles. The third kappa shape index (κ3) is 5.91. The van der Waals surface area contributed by atoms with Crippen molar-refractivity contribution in [2.75, 3.05) is 6.61 Å². The molecule has 0 aromatic heterocycles. The summed E-state index contributed by atoms with van der Waals surface area (Å²) in [5, 5.41) is 9.09. The molecule has 12 heavy (non-hydrogen) atoms. The highest BCUT2D eigenvalue weighted by Crippen LogP contribution is 2.01. The van der Waals surface area contributed by atoms with Gasteiger partial charge in [-0.15, -0.1) is 10.1 Å². The van der Waals surface area contributed by atoms with Gasteiger partial charge in [0.1, 0.15) is 0 Å². The molecule has 0 rings (SSSR count). The number of hydrogen-bond donors (Lipinski definition) is 0. The summed E-state index contributed by atoms with van der Waals surface area (Å²) in [6.07, 6.45) is 1.70. The van der Waals surface area contributed by atoms with Gasteiger partial charge < -0.3 is 4.74 Å². The molecule has 0 saturated carbocycles. The van der Waals surface area contributed by atoms with Crippen molar-refractivity contribution in [1.82, 2.24) is 0 Å². The third-order valence-electron chi connectivity index (χ3n) is 1.34. The van der Waals surface area contributed by atoms with E-state index in [0.29, 0.717) is 13.0 Å². The largest absolute Gasteiger partial charge is 0.352 e. The average Bonchev–Trinajstić information content (AvgIpc) is 2.02. The van der Waals surface area contributed by atoms with E-state index in [9.17, 15) is 10.1 Å². The summed E-state index contributed by atoms with van der Waals surface area (Å²) in [6, 6.07) is 0. The van der Waals surface area contributed by atoms with E-state index in [0.717, 1.165) is 12.8 Å². The minimum absolute atomic E-state index is 0.491. The van der Waals surface area contributed by atoms with Crippen molar-refractivity contribution in [1.29, 1.82) is 0 Å². The van der Waals surface area contributed by atoms with Gasteiger partial charge in [0.2, 0.25) is 6.29 Å². The smallest absolute Gasteiger partial charge is 0.297 e. The number of nitrogens with zero attached hydrogens (tertiary/aromatic N) is 1. The third-order valence-corrected chi connectivity index (χ3v) is 1.34. The lowest BCUT2D eigenvalue weighted by Crippen LogP contribution is -2.20. The first-order valence-electron chi connectivity index (χ1n) is 4.13. The number of hydrogen-bond acceptors (Lipinski definition) is 4. The molecular weight excluding hydrogens is 162 g/mol. The van der Waals surface area contributed by atoms with Crippen LogP contribution in [-0.4, -0.2) is 18.0 Å². The highest BCUT2D eigenvalue weighted by molar-refractivity contribution is 4.37. The van der Waals surface area contributed by atoms with Gasteiger partial charge in [0.25, 0.3) is 5.09 Å². The van der Waals surface area contributed by atoms with Crippen LogP contribution in [0.5, 0.6) is 0 Å². The predicted octanol–water partition coefficient (Wildman–Crippen LogP) is 1.75. The molecule has 0 aromatic rings. The molecule has 5 heteroatoms. The molecule has 0 bridgehead atoms. The molecule has 1 atom stereocenters. The Hall–Kier alpha value is -0.840. The minimum Gasteiger partial charge on any atom is -0.352 e. The van der Waals surface area contributed by atoms with Crippen LogP contribution < -0.4 is 0 Å². The van der Waals surface area contributed by atoms with E-state index in [1.807, 2.05) is 6.92 Å². The first-order valence-corrected chi connectivity index (χ1v) is 4.13. The molecule has 72 valence electrons. The lowest BCUT2D eigenvalue weighted by molar-refractivity contribution is -0.780. The van der Waals surface area contributed by atoms with Gasteiger partial charge in [0.15, 0.2) is 0 Å². The van der Waals surface area contributed by atoms with Gasteiger partial charge in [0.05, 0.1) is 0 Å². The second-order valence-electron chi connectivity index (χ2n) is 2.39. The Labute approximate surface area is 71.8 Å². The van der Waals surface area contributed by atoms with E-state index in [1.165, 1.54) is 0 Å². The van der Waals surface area contributed by atoms with Crippen LogP contribution in [0.15, 0.2) is 0 Å². The summed E-state index contributed by atoms with van der Waals surface area (Å²) < 4.78 is 5.08. The van der Waals surface area contributed by atoms with Crippen molar-refractivity contribution in [2.24, 2.45) is 0 Å². The van der Waals surface area contributed by atoms with Gasteiger partial charge in [-0.1, -0.05) is 20.3 Å². The van der Waals surface area contributed by atoms with E-state index >= 15 is 0 Å². The second-order valence-corrected chi connectivity index (χ2v) is 2.39. The molecule has 1 unspecified atom stereocenters. The molecule has 0 saturated heterocycles. The van der Waals surface area contributed by atoms with Crippen molar-refractivity contribution in [2.45, 2.75) is 39.4 Å². The van der Waals surface area contributed by atoms with Gasteiger partial charge in [-0.25, -0.2) is 0 Å². The number of rotatable bonds is 7. The van der Waals surface area contributed by atoms with Gasteiger partial charge in [-0.05, 0) is 12.8 Å². The van der Waals surface area contributed by atoms with Crippen LogP contribution in [0.3, 0.4) is 0 Å². The normalized spacial score (nSPS) is 12.5. The summed E-state index contributed by atoms with van der Waals surface area (Å²) in [5.74, 6) is 0. The quantitative estimate of drug-likeness (QED) is 0.257. The lowest BCUT2D eigenvalue weighted by Gasteiger charge is -2.12. The van der Waals surface area contributed by atoms with Crippen LogP contribution in [-0.2, 0) is 9.57 Å². The Morgan fingerprint density at radius 3 is 2.58 bits per heavy atom. The minimum atomic E-state index is -0.819. The van der Waals surface area contributed by atoms with Crippen LogP contribution in [0.2, 0.25) is 0 Å². The Balaban J connectivity index is 3.46.